The Morgan fingerprint density at radius 3 is 2.36 bits per heavy atom. The summed E-state index contributed by atoms with van der Waals surface area (Å²) in [5, 5.41) is 5.97. The summed E-state index contributed by atoms with van der Waals surface area (Å²) in [7, 11) is 2.99. The van der Waals surface area contributed by atoms with Crippen molar-refractivity contribution in [1.82, 2.24) is 0 Å². The fourth-order valence-electron chi connectivity index (χ4n) is 4.46. The van der Waals surface area contributed by atoms with Crippen molar-refractivity contribution in [2.24, 2.45) is 0 Å². The second-order valence-corrected chi connectivity index (χ2v) is 11.4. The van der Waals surface area contributed by atoms with Crippen LogP contribution in [0, 0.1) is 0 Å². The van der Waals surface area contributed by atoms with Crippen LogP contribution in [0.2, 0.25) is 0 Å². The molecule has 2 N–H and O–H groups in total. The van der Waals surface area contributed by atoms with Crippen molar-refractivity contribution in [1.29, 1.82) is 0 Å². The molecule has 8 nitrogen and oxygen atoms in total. The molecule has 0 saturated carbocycles. The van der Waals surface area contributed by atoms with E-state index in [9.17, 15) is 14.4 Å². The first kappa shape index (κ1) is 28.5. The highest BCUT2D eigenvalue weighted by molar-refractivity contribution is 8.00. The Kier molecular flexibility index (Phi) is 9.53. The fourth-order valence-corrected chi connectivity index (χ4v) is 6.67. The molecule has 1 atom stereocenters. The lowest BCUT2D eigenvalue weighted by Gasteiger charge is -2.15. The molecule has 0 radical (unpaired) electrons. The summed E-state index contributed by atoms with van der Waals surface area (Å²) in [5.74, 6) is -0.161. The number of anilines is 2. The van der Waals surface area contributed by atoms with Gasteiger partial charge in [-0.3, -0.25) is 9.59 Å². The third-order valence-corrected chi connectivity index (χ3v) is 8.62. The number of esters is 1. The predicted molar refractivity (Wildman–Crippen MR) is 155 cm³/mol. The lowest BCUT2D eigenvalue weighted by molar-refractivity contribution is -0.115. The van der Waals surface area contributed by atoms with Crippen LogP contribution in [0.1, 0.15) is 57.8 Å². The Morgan fingerprint density at radius 1 is 0.974 bits per heavy atom. The van der Waals surface area contributed by atoms with E-state index in [1.807, 2.05) is 25.1 Å². The quantitative estimate of drug-likeness (QED) is 0.222. The van der Waals surface area contributed by atoms with Crippen LogP contribution in [0.4, 0.5) is 10.7 Å². The molecular formula is C29H32N2O6S2. The van der Waals surface area contributed by atoms with E-state index in [4.69, 9.17) is 14.2 Å². The molecule has 1 heterocycles. The lowest BCUT2D eigenvalue weighted by atomic mass is 9.95. The van der Waals surface area contributed by atoms with Crippen LogP contribution in [-0.2, 0) is 22.4 Å². The van der Waals surface area contributed by atoms with Gasteiger partial charge < -0.3 is 24.8 Å². The Hall–Kier alpha value is -3.50. The zero-order valence-electron chi connectivity index (χ0n) is 22.4. The van der Waals surface area contributed by atoms with Crippen molar-refractivity contribution in [3.8, 4) is 11.5 Å². The van der Waals surface area contributed by atoms with Gasteiger partial charge in [-0.05, 0) is 75.4 Å². The number of rotatable bonds is 10. The predicted octanol–water partition coefficient (Wildman–Crippen LogP) is 6.19. The monoisotopic (exact) mass is 568 g/mol. The van der Waals surface area contributed by atoms with Gasteiger partial charge in [-0.1, -0.05) is 12.1 Å². The molecular weight excluding hydrogens is 536 g/mol. The number of carbonyl (C=O) groups is 3. The first-order valence-corrected chi connectivity index (χ1v) is 14.5. The van der Waals surface area contributed by atoms with Crippen molar-refractivity contribution in [3.63, 3.8) is 0 Å². The van der Waals surface area contributed by atoms with Crippen molar-refractivity contribution in [3.05, 3.63) is 64.0 Å². The van der Waals surface area contributed by atoms with Crippen molar-refractivity contribution in [2.45, 2.75) is 49.7 Å². The van der Waals surface area contributed by atoms with Crippen LogP contribution in [-0.4, -0.2) is 43.9 Å². The Labute approximate surface area is 236 Å². The highest BCUT2D eigenvalue weighted by Crippen LogP contribution is 2.39. The molecule has 1 aromatic heterocycles. The van der Waals surface area contributed by atoms with E-state index in [2.05, 4.69) is 10.6 Å². The van der Waals surface area contributed by atoms with Gasteiger partial charge in [-0.2, -0.15) is 0 Å². The van der Waals surface area contributed by atoms with Crippen LogP contribution in [0.25, 0.3) is 0 Å². The van der Waals surface area contributed by atoms with Crippen LogP contribution in [0.3, 0.4) is 0 Å². The third-order valence-electron chi connectivity index (χ3n) is 6.32. The number of methoxy groups -OCH3 is 2. The molecule has 39 heavy (non-hydrogen) atoms. The summed E-state index contributed by atoms with van der Waals surface area (Å²) in [5.41, 5.74) is 2.37. The zero-order chi connectivity index (χ0) is 27.9. The SMILES string of the molecule is CCOC(=O)c1c(NC(=O)C(C)Sc2cccc(NC(=O)c3c(OC)cccc3OC)c2)sc2c1CCCC2. The summed E-state index contributed by atoms with van der Waals surface area (Å²) < 4.78 is 16.0. The summed E-state index contributed by atoms with van der Waals surface area (Å²) in [4.78, 5) is 40.9. The molecule has 2 amide bonds. The Morgan fingerprint density at radius 2 is 1.67 bits per heavy atom. The van der Waals surface area contributed by atoms with E-state index in [1.165, 1.54) is 37.3 Å². The first-order valence-electron chi connectivity index (χ1n) is 12.8. The van der Waals surface area contributed by atoms with Gasteiger partial charge in [0.2, 0.25) is 5.91 Å². The lowest BCUT2D eigenvalue weighted by Crippen LogP contribution is -2.23. The molecule has 4 rings (SSSR count). The van der Waals surface area contributed by atoms with E-state index in [0.717, 1.165) is 41.0 Å². The van der Waals surface area contributed by atoms with Crippen molar-refractivity contribution in [2.75, 3.05) is 31.5 Å². The highest BCUT2D eigenvalue weighted by atomic mass is 32.2. The van der Waals surface area contributed by atoms with Crippen LogP contribution < -0.4 is 20.1 Å². The van der Waals surface area contributed by atoms with Crippen LogP contribution in [0.15, 0.2) is 47.4 Å². The van der Waals surface area contributed by atoms with Gasteiger partial charge in [0.1, 0.15) is 22.1 Å². The molecule has 1 aliphatic rings. The zero-order valence-corrected chi connectivity index (χ0v) is 24.1. The number of hydrogen-bond donors (Lipinski definition) is 2. The molecule has 1 unspecified atom stereocenters. The normalized spacial score (nSPS) is 13.1. The Bertz CT molecular complexity index is 1350. The van der Waals surface area contributed by atoms with Gasteiger partial charge in [0, 0.05) is 15.5 Å². The van der Waals surface area contributed by atoms with E-state index >= 15 is 0 Å². The van der Waals surface area contributed by atoms with Gasteiger partial charge in [-0.15, -0.1) is 23.1 Å². The smallest absolute Gasteiger partial charge is 0.341 e. The molecule has 10 heteroatoms. The summed E-state index contributed by atoms with van der Waals surface area (Å²) in [6.07, 6.45) is 3.82. The first-order chi connectivity index (χ1) is 18.9. The number of benzene rings is 2. The number of amides is 2. The fraction of sp³-hybridized carbons (Fsp3) is 0.345. The molecule has 0 spiro atoms. The van der Waals surface area contributed by atoms with Crippen LogP contribution in [0.5, 0.6) is 11.5 Å². The molecule has 0 bridgehead atoms. The summed E-state index contributed by atoms with van der Waals surface area (Å²) in [6, 6.07) is 12.4. The minimum absolute atomic E-state index is 0.211. The maximum Gasteiger partial charge on any atom is 0.341 e. The maximum atomic E-state index is 13.2. The molecule has 0 aliphatic heterocycles. The number of hydrogen-bond acceptors (Lipinski definition) is 8. The average molecular weight is 569 g/mol. The number of nitrogens with one attached hydrogen (secondary N) is 2. The summed E-state index contributed by atoms with van der Waals surface area (Å²) >= 11 is 2.83. The molecule has 1 aliphatic carbocycles. The third kappa shape index (κ3) is 6.57. The van der Waals surface area contributed by atoms with Crippen molar-refractivity contribution < 1.29 is 28.6 Å². The van der Waals surface area contributed by atoms with Gasteiger partial charge in [0.15, 0.2) is 0 Å². The second kappa shape index (κ2) is 13.0. The molecule has 0 fully saturated rings. The Balaban J connectivity index is 1.46. The van der Waals surface area contributed by atoms with Gasteiger partial charge in [0.05, 0.1) is 31.6 Å². The van der Waals surface area contributed by atoms with Gasteiger partial charge in [-0.25, -0.2) is 4.79 Å². The molecule has 2 aromatic carbocycles. The van der Waals surface area contributed by atoms with Crippen LogP contribution >= 0.6 is 23.1 Å². The molecule has 3 aromatic rings. The number of carbonyl (C=O) groups excluding carboxylic acids is 3. The molecule has 0 saturated heterocycles. The summed E-state index contributed by atoms with van der Waals surface area (Å²) in [6.45, 7) is 3.86. The minimum atomic E-state index is -0.459. The van der Waals surface area contributed by atoms with Crippen molar-refractivity contribution >= 4 is 51.6 Å². The number of ether oxygens (including phenoxy) is 3. The number of fused-ring (bicyclic) bond motifs is 1. The molecule has 206 valence electrons. The largest absolute Gasteiger partial charge is 0.496 e. The average Bonchev–Trinajstić information content (AvgIpc) is 3.30. The van der Waals surface area contributed by atoms with E-state index < -0.39 is 5.25 Å². The number of thioether (sulfide) groups is 1. The van der Waals surface area contributed by atoms with E-state index in [1.54, 1.807) is 31.2 Å². The number of aryl methyl sites for hydroxylation is 1. The maximum absolute atomic E-state index is 13.2. The highest BCUT2D eigenvalue weighted by Gasteiger charge is 2.28. The van der Waals surface area contributed by atoms with Gasteiger partial charge >= 0.3 is 5.97 Å². The second-order valence-electron chi connectivity index (χ2n) is 8.90. The van der Waals surface area contributed by atoms with E-state index in [0.29, 0.717) is 33.3 Å². The minimum Gasteiger partial charge on any atom is -0.496 e. The standard InChI is InChI=1S/C29H32N2O6S2/c1-5-37-29(34)24-20-12-6-7-15-23(20)39-28(24)31-26(32)17(2)38-19-11-8-10-18(16-19)30-27(33)25-21(35-3)13-9-14-22(25)36-4/h8-11,13-14,16-17H,5-7,12,15H2,1-4H3,(H,30,33)(H,31,32). The number of thiophene rings is 1. The van der Waals surface area contributed by atoms with Gasteiger partial charge in [0.25, 0.3) is 5.91 Å². The van der Waals surface area contributed by atoms with E-state index in [-0.39, 0.29) is 24.4 Å². The topological polar surface area (TPSA) is 103 Å².